The van der Waals surface area contributed by atoms with E-state index in [1.54, 1.807) is 6.20 Å². The van der Waals surface area contributed by atoms with Crippen molar-refractivity contribution in [2.75, 3.05) is 31.1 Å². The molecule has 1 aliphatic rings. The first-order chi connectivity index (χ1) is 15.2. The molecule has 1 fully saturated rings. The van der Waals surface area contributed by atoms with E-state index < -0.39 is 0 Å². The Hall–Kier alpha value is -3.67. The first kappa shape index (κ1) is 19.3. The molecular weight excluding hydrogens is 386 g/mol. The predicted molar refractivity (Wildman–Crippen MR) is 123 cm³/mol. The summed E-state index contributed by atoms with van der Waals surface area (Å²) < 4.78 is 1.81. The second-order valence-electron chi connectivity index (χ2n) is 7.96. The summed E-state index contributed by atoms with van der Waals surface area (Å²) in [6.07, 6.45) is 4.07. The summed E-state index contributed by atoms with van der Waals surface area (Å²) in [7, 11) is 0. The Labute approximate surface area is 181 Å². The lowest BCUT2D eigenvalue weighted by Gasteiger charge is -2.36. The van der Waals surface area contributed by atoms with Gasteiger partial charge in [-0.2, -0.15) is 5.10 Å². The highest BCUT2D eigenvalue weighted by molar-refractivity contribution is 5.92. The van der Waals surface area contributed by atoms with Crippen LogP contribution in [0.2, 0.25) is 0 Å². The maximum absolute atomic E-state index is 12.9. The van der Waals surface area contributed by atoms with E-state index in [-0.39, 0.29) is 5.91 Å². The number of carbonyl (C=O) groups is 1. The molecule has 2 aromatic heterocycles. The Morgan fingerprint density at radius 2 is 1.81 bits per heavy atom. The summed E-state index contributed by atoms with van der Waals surface area (Å²) in [4.78, 5) is 21.9. The van der Waals surface area contributed by atoms with Gasteiger partial charge in [-0.3, -0.25) is 9.78 Å². The van der Waals surface area contributed by atoms with E-state index in [0.717, 1.165) is 48.6 Å². The third-order valence-electron chi connectivity index (χ3n) is 5.86. The van der Waals surface area contributed by atoms with Crippen LogP contribution in [0.15, 0.2) is 73.1 Å². The second kappa shape index (κ2) is 8.22. The molecule has 0 saturated carbocycles. The smallest absolute Gasteiger partial charge is 0.227 e. The lowest BCUT2D eigenvalue weighted by Crippen LogP contribution is -2.49. The first-order valence-electron chi connectivity index (χ1n) is 10.7. The number of aromatic nitrogens is 3. The molecule has 0 radical (unpaired) electrons. The average Bonchev–Trinajstić information content (AvgIpc) is 3.34. The minimum absolute atomic E-state index is 0.174. The van der Waals surface area contributed by atoms with Crippen molar-refractivity contribution < 1.29 is 4.79 Å². The van der Waals surface area contributed by atoms with Crippen LogP contribution in [0.5, 0.6) is 0 Å². The van der Waals surface area contributed by atoms with Gasteiger partial charge in [0.1, 0.15) is 0 Å². The van der Waals surface area contributed by atoms with E-state index in [9.17, 15) is 4.79 Å². The van der Waals surface area contributed by atoms with Crippen LogP contribution < -0.4 is 4.90 Å². The average molecular weight is 412 g/mol. The molecule has 0 spiro atoms. The lowest BCUT2D eigenvalue weighted by atomic mass is 10.1. The molecule has 6 nitrogen and oxygen atoms in total. The summed E-state index contributed by atoms with van der Waals surface area (Å²) in [6, 6.07) is 20.4. The molecule has 0 unspecified atom stereocenters. The molecule has 4 aromatic rings. The summed E-state index contributed by atoms with van der Waals surface area (Å²) in [5.41, 5.74) is 5.23. The molecule has 2 aromatic carbocycles. The van der Waals surface area contributed by atoms with Crippen LogP contribution in [-0.2, 0) is 11.2 Å². The molecular formula is C25H25N5O. The van der Waals surface area contributed by atoms with Gasteiger partial charge in [0, 0.05) is 55.3 Å². The number of hydrogen-bond donors (Lipinski definition) is 0. The quantitative estimate of drug-likeness (QED) is 0.515. The number of amides is 1. The third kappa shape index (κ3) is 4.01. The standard InChI is InChI=1S/C25H25N5O/c1-19-9-10-22-23(27-19)7-3-8-24(22)28-13-15-29(16-14-28)25(31)18-20-5-2-6-21(17-20)30-12-4-11-26-30/h2-12,17H,13-16,18H2,1H3. The van der Waals surface area contributed by atoms with Crippen molar-refractivity contribution in [3.05, 3.63) is 84.3 Å². The highest BCUT2D eigenvalue weighted by Gasteiger charge is 2.22. The van der Waals surface area contributed by atoms with E-state index >= 15 is 0 Å². The van der Waals surface area contributed by atoms with Gasteiger partial charge in [-0.1, -0.05) is 18.2 Å². The van der Waals surface area contributed by atoms with Crippen molar-refractivity contribution >= 4 is 22.5 Å². The van der Waals surface area contributed by atoms with Gasteiger partial charge in [0.25, 0.3) is 0 Å². The van der Waals surface area contributed by atoms with Gasteiger partial charge in [0.15, 0.2) is 0 Å². The zero-order chi connectivity index (χ0) is 21.2. The number of hydrogen-bond acceptors (Lipinski definition) is 4. The minimum Gasteiger partial charge on any atom is -0.367 e. The molecule has 6 heteroatoms. The van der Waals surface area contributed by atoms with E-state index in [1.807, 2.05) is 53.0 Å². The van der Waals surface area contributed by atoms with E-state index in [4.69, 9.17) is 0 Å². The minimum atomic E-state index is 0.174. The maximum atomic E-state index is 12.9. The number of benzene rings is 2. The highest BCUT2D eigenvalue weighted by Crippen LogP contribution is 2.27. The predicted octanol–water partition coefficient (Wildman–Crippen LogP) is 3.62. The molecule has 31 heavy (non-hydrogen) atoms. The molecule has 0 atom stereocenters. The normalized spacial score (nSPS) is 14.2. The van der Waals surface area contributed by atoms with Crippen molar-refractivity contribution in [2.24, 2.45) is 0 Å². The van der Waals surface area contributed by atoms with Crippen LogP contribution in [0.25, 0.3) is 16.6 Å². The van der Waals surface area contributed by atoms with Crippen LogP contribution in [0, 0.1) is 6.92 Å². The van der Waals surface area contributed by atoms with Crippen LogP contribution in [0.4, 0.5) is 5.69 Å². The molecule has 1 amide bonds. The third-order valence-corrected chi connectivity index (χ3v) is 5.86. The monoisotopic (exact) mass is 411 g/mol. The number of carbonyl (C=O) groups excluding carboxylic acids is 1. The molecule has 5 rings (SSSR count). The van der Waals surface area contributed by atoms with Gasteiger partial charge < -0.3 is 9.80 Å². The maximum Gasteiger partial charge on any atom is 0.227 e. The SMILES string of the molecule is Cc1ccc2c(N3CCN(C(=O)Cc4cccc(-n5cccn5)c4)CC3)cccc2n1. The number of aryl methyl sites for hydroxylation is 1. The number of anilines is 1. The van der Waals surface area contributed by atoms with E-state index in [1.165, 1.54) is 11.1 Å². The van der Waals surface area contributed by atoms with Gasteiger partial charge in [0.2, 0.25) is 5.91 Å². The van der Waals surface area contributed by atoms with Crippen LogP contribution in [0.1, 0.15) is 11.3 Å². The second-order valence-corrected chi connectivity index (χ2v) is 7.96. The Bertz CT molecular complexity index is 1210. The topological polar surface area (TPSA) is 54.3 Å². The zero-order valence-corrected chi connectivity index (χ0v) is 17.6. The van der Waals surface area contributed by atoms with Crippen molar-refractivity contribution in [1.29, 1.82) is 0 Å². The van der Waals surface area contributed by atoms with E-state index in [2.05, 4.69) is 45.3 Å². The molecule has 0 N–H and O–H groups in total. The van der Waals surface area contributed by atoms with Crippen molar-refractivity contribution in [3.8, 4) is 5.69 Å². The number of pyridine rings is 1. The van der Waals surface area contributed by atoms with Crippen LogP contribution in [-0.4, -0.2) is 51.8 Å². The number of nitrogens with zero attached hydrogens (tertiary/aromatic N) is 5. The van der Waals surface area contributed by atoms with Crippen molar-refractivity contribution in [2.45, 2.75) is 13.3 Å². The van der Waals surface area contributed by atoms with Gasteiger partial charge in [-0.05, 0) is 55.0 Å². The van der Waals surface area contributed by atoms with Gasteiger partial charge in [-0.15, -0.1) is 0 Å². The Morgan fingerprint density at radius 3 is 2.61 bits per heavy atom. The fourth-order valence-electron chi connectivity index (χ4n) is 4.23. The number of rotatable bonds is 4. The summed E-state index contributed by atoms with van der Waals surface area (Å²) in [5.74, 6) is 0.174. The molecule has 0 aliphatic carbocycles. The fraction of sp³-hybridized carbons (Fsp3) is 0.240. The molecule has 1 aliphatic heterocycles. The zero-order valence-electron chi connectivity index (χ0n) is 17.6. The van der Waals surface area contributed by atoms with Crippen molar-refractivity contribution in [3.63, 3.8) is 0 Å². The first-order valence-corrected chi connectivity index (χ1v) is 10.7. The van der Waals surface area contributed by atoms with Gasteiger partial charge >= 0.3 is 0 Å². The Morgan fingerprint density at radius 1 is 0.968 bits per heavy atom. The molecule has 3 heterocycles. The molecule has 0 bridgehead atoms. The van der Waals surface area contributed by atoms with Crippen LogP contribution >= 0.6 is 0 Å². The summed E-state index contributed by atoms with van der Waals surface area (Å²) >= 11 is 0. The van der Waals surface area contributed by atoms with Gasteiger partial charge in [0.05, 0.1) is 17.6 Å². The lowest BCUT2D eigenvalue weighted by molar-refractivity contribution is -0.130. The fourth-order valence-corrected chi connectivity index (χ4v) is 4.23. The Kier molecular flexibility index (Phi) is 5.12. The van der Waals surface area contributed by atoms with Crippen molar-refractivity contribution in [1.82, 2.24) is 19.7 Å². The number of piperazine rings is 1. The largest absolute Gasteiger partial charge is 0.367 e. The summed E-state index contributed by atoms with van der Waals surface area (Å²) in [5, 5.41) is 5.44. The number of fused-ring (bicyclic) bond motifs is 1. The molecule has 156 valence electrons. The highest BCUT2D eigenvalue weighted by atomic mass is 16.2. The van der Waals surface area contributed by atoms with E-state index in [0.29, 0.717) is 6.42 Å². The van der Waals surface area contributed by atoms with Gasteiger partial charge in [-0.25, -0.2) is 4.68 Å². The van der Waals surface area contributed by atoms with Crippen LogP contribution in [0.3, 0.4) is 0 Å². The molecule has 1 saturated heterocycles. The Balaban J connectivity index is 1.25. The summed E-state index contributed by atoms with van der Waals surface area (Å²) in [6.45, 7) is 5.13.